The number of benzene rings is 2. The van der Waals surface area contributed by atoms with Gasteiger partial charge in [0.2, 0.25) is 5.91 Å². The number of terminal acetylenes is 1. The van der Waals surface area contributed by atoms with Gasteiger partial charge in [-0.1, -0.05) is 30.2 Å². The number of carbonyl (C=O) groups excluding carboxylic acids is 1. The van der Waals surface area contributed by atoms with Gasteiger partial charge in [0.05, 0.1) is 17.6 Å². The van der Waals surface area contributed by atoms with Gasteiger partial charge >= 0.3 is 0 Å². The Balaban J connectivity index is 1.60. The maximum absolute atomic E-state index is 13.1. The van der Waals surface area contributed by atoms with Gasteiger partial charge in [-0.15, -0.1) is 6.42 Å². The van der Waals surface area contributed by atoms with E-state index < -0.39 is 0 Å². The lowest BCUT2D eigenvalue weighted by Crippen LogP contribution is -2.24. The van der Waals surface area contributed by atoms with Crippen molar-refractivity contribution in [2.24, 2.45) is 0 Å². The zero-order valence-corrected chi connectivity index (χ0v) is 14.2. The molecule has 0 unspecified atom stereocenters. The Kier molecular flexibility index (Phi) is 4.18. The summed E-state index contributed by atoms with van der Waals surface area (Å²) >= 11 is 0. The first-order valence-electron chi connectivity index (χ1n) is 8.56. The van der Waals surface area contributed by atoms with Crippen LogP contribution in [-0.2, 0) is 17.9 Å². The van der Waals surface area contributed by atoms with Gasteiger partial charge in [0, 0.05) is 25.4 Å². The van der Waals surface area contributed by atoms with Crippen molar-refractivity contribution in [3.05, 3.63) is 65.7 Å². The first kappa shape index (κ1) is 16.3. The van der Waals surface area contributed by atoms with Crippen molar-refractivity contribution in [3.63, 3.8) is 0 Å². The van der Waals surface area contributed by atoms with Gasteiger partial charge in [0.25, 0.3) is 0 Å². The van der Waals surface area contributed by atoms with E-state index in [-0.39, 0.29) is 17.6 Å². The summed E-state index contributed by atoms with van der Waals surface area (Å²) in [5, 5.41) is 0. The SMILES string of the molecule is C#CCn1c([C@H]2CC(=O)N(Cc3ccc(F)cc3)C2)nc2ccccc21. The van der Waals surface area contributed by atoms with Gasteiger partial charge in [-0.2, -0.15) is 0 Å². The van der Waals surface area contributed by atoms with Crippen LogP contribution in [0.15, 0.2) is 48.5 Å². The molecule has 1 fully saturated rings. The minimum Gasteiger partial charge on any atom is -0.338 e. The number of halogens is 1. The number of hydrogen-bond donors (Lipinski definition) is 0. The van der Waals surface area contributed by atoms with Gasteiger partial charge in [0.15, 0.2) is 0 Å². The van der Waals surface area contributed by atoms with Crippen LogP contribution in [0.3, 0.4) is 0 Å². The molecule has 4 rings (SSSR count). The monoisotopic (exact) mass is 347 g/mol. The van der Waals surface area contributed by atoms with Crippen molar-refractivity contribution < 1.29 is 9.18 Å². The van der Waals surface area contributed by atoms with E-state index >= 15 is 0 Å². The summed E-state index contributed by atoms with van der Waals surface area (Å²) < 4.78 is 15.1. The van der Waals surface area contributed by atoms with E-state index in [1.807, 2.05) is 28.8 Å². The van der Waals surface area contributed by atoms with Crippen LogP contribution in [0.2, 0.25) is 0 Å². The van der Waals surface area contributed by atoms with Gasteiger partial charge < -0.3 is 9.47 Å². The highest BCUT2D eigenvalue weighted by atomic mass is 19.1. The van der Waals surface area contributed by atoms with E-state index in [0.29, 0.717) is 26.1 Å². The molecule has 1 amide bonds. The number of imidazole rings is 1. The van der Waals surface area contributed by atoms with Crippen LogP contribution in [0.1, 0.15) is 23.7 Å². The summed E-state index contributed by atoms with van der Waals surface area (Å²) in [4.78, 5) is 19.0. The number of likely N-dealkylation sites (tertiary alicyclic amines) is 1. The fourth-order valence-electron chi connectivity index (χ4n) is 3.57. The van der Waals surface area contributed by atoms with Crippen molar-refractivity contribution >= 4 is 16.9 Å². The molecule has 26 heavy (non-hydrogen) atoms. The number of hydrogen-bond acceptors (Lipinski definition) is 2. The zero-order valence-electron chi connectivity index (χ0n) is 14.2. The van der Waals surface area contributed by atoms with E-state index in [9.17, 15) is 9.18 Å². The first-order valence-corrected chi connectivity index (χ1v) is 8.56. The minimum atomic E-state index is -0.276. The Labute approximate surface area is 151 Å². The average molecular weight is 347 g/mol. The molecule has 0 aliphatic carbocycles. The molecule has 1 saturated heterocycles. The van der Waals surface area contributed by atoms with Crippen LogP contribution < -0.4 is 0 Å². The number of carbonyl (C=O) groups is 1. The summed E-state index contributed by atoms with van der Waals surface area (Å²) in [6.45, 7) is 1.49. The van der Waals surface area contributed by atoms with Gasteiger partial charge in [0.1, 0.15) is 11.6 Å². The number of amides is 1. The van der Waals surface area contributed by atoms with Crippen molar-refractivity contribution in [1.82, 2.24) is 14.5 Å². The third-order valence-corrected chi connectivity index (χ3v) is 4.80. The molecule has 4 nitrogen and oxygen atoms in total. The molecule has 0 saturated carbocycles. The van der Waals surface area contributed by atoms with E-state index in [1.165, 1.54) is 12.1 Å². The molecule has 2 heterocycles. The standard InChI is InChI=1S/C21H18FN3O/c1-2-11-25-19-6-4-3-5-18(19)23-21(25)16-12-20(26)24(14-16)13-15-7-9-17(22)10-8-15/h1,3-10,16H,11-14H2/t16-/m0/s1. The smallest absolute Gasteiger partial charge is 0.223 e. The molecule has 1 aliphatic heterocycles. The molecule has 1 aromatic heterocycles. The Hall–Kier alpha value is -3.13. The van der Waals surface area contributed by atoms with E-state index in [0.717, 1.165) is 22.4 Å². The molecule has 2 aromatic carbocycles. The second-order valence-electron chi connectivity index (χ2n) is 6.55. The molecule has 0 bridgehead atoms. The van der Waals surface area contributed by atoms with Gasteiger partial charge in [-0.25, -0.2) is 9.37 Å². The predicted molar refractivity (Wildman–Crippen MR) is 97.7 cm³/mol. The molecule has 1 atom stereocenters. The molecule has 130 valence electrons. The fourth-order valence-corrected chi connectivity index (χ4v) is 3.57. The van der Waals surface area contributed by atoms with Crippen molar-refractivity contribution in [2.75, 3.05) is 6.54 Å². The van der Waals surface area contributed by atoms with Gasteiger partial charge in [-0.3, -0.25) is 4.79 Å². The second kappa shape index (κ2) is 6.64. The number of aromatic nitrogens is 2. The highest BCUT2D eigenvalue weighted by Crippen LogP contribution is 2.31. The average Bonchev–Trinajstić information content (AvgIpc) is 3.19. The molecule has 5 heteroatoms. The van der Waals surface area contributed by atoms with E-state index in [2.05, 4.69) is 5.92 Å². The van der Waals surface area contributed by atoms with Crippen LogP contribution in [-0.4, -0.2) is 26.9 Å². The van der Waals surface area contributed by atoms with Crippen molar-refractivity contribution in [3.8, 4) is 12.3 Å². The summed E-state index contributed by atoms with van der Waals surface area (Å²) in [5.41, 5.74) is 2.80. The normalized spacial score (nSPS) is 17.0. The van der Waals surface area contributed by atoms with Gasteiger partial charge in [-0.05, 0) is 29.8 Å². The Morgan fingerprint density at radius 2 is 1.96 bits per heavy atom. The highest BCUT2D eigenvalue weighted by molar-refractivity contribution is 5.81. The number of rotatable bonds is 4. The number of fused-ring (bicyclic) bond motifs is 1. The molecular weight excluding hydrogens is 329 g/mol. The van der Waals surface area contributed by atoms with Crippen LogP contribution in [0.25, 0.3) is 11.0 Å². The lowest BCUT2D eigenvalue weighted by molar-refractivity contribution is -0.128. The Bertz CT molecular complexity index is 1000. The molecule has 3 aromatic rings. The lowest BCUT2D eigenvalue weighted by Gasteiger charge is -2.17. The second-order valence-corrected chi connectivity index (χ2v) is 6.55. The summed E-state index contributed by atoms with van der Waals surface area (Å²) in [6.07, 6.45) is 5.95. The van der Waals surface area contributed by atoms with Crippen LogP contribution in [0, 0.1) is 18.2 Å². The van der Waals surface area contributed by atoms with E-state index in [1.54, 1.807) is 17.0 Å². The summed E-state index contributed by atoms with van der Waals surface area (Å²) in [5.74, 6) is 3.35. The number of nitrogens with zero attached hydrogens (tertiary/aromatic N) is 3. The van der Waals surface area contributed by atoms with Crippen molar-refractivity contribution in [1.29, 1.82) is 0 Å². The molecule has 0 N–H and O–H groups in total. The fraction of sp³-hybridized carbons (Fsp3) is 0.238. The molecular formula is C21H18FN3O. The van der Waals surface area contributed by atoms with E-state index in [4.69, 9.17) is 11.4 Å². The maximum atomic E-state index is 13.1. The summed E-state index contributed by atoms with van der Waals surface area (Å²) in [7, 11) is 0. The lowest BCUT2D eigenvalue weighted by atomic mass is 10.1. The molecule has 0 radical (unpaired) electrons. The molecule has 0 spiro atoms. The first-order chi connectivity index (χ1) is 12.7. The van der Waals surface area contributed by atoms with Crippen molar-refractivity contribution in [2.45, 2.75) is 25.4 Å². The maximum Gasteiger partial charge on any atom is 0.223 e. The van der Waals surface area contributed by atoms with Crippen LogP contribution in [0.4, 0.5) is 4.39 Å². The Morgan fingerprint density at radius 3 is 2.73 bits per heavy atom. The number of para-hydroxylation sites is 2. The third-order valence-electron chi connectivity index (χ3n) is 4.80. The Morgan fingerprint density at radius 1 is 1.19 bits per heavy atom. The minimum absolute atomic E-state index is 0.00342. The third kappa shape index (κ3) is 2.95. The highest BCUT2D eigenvalue weighted by Gasteiger charge is 2.33. The van der Waals surface area contributed by atoms with Crippen LogP contribution >= 0.6 is 0 Å². The molecule has 1 aliphatic rings. The predicted octanol–water partition coefficient (Wildman–Crippen LogP) is 3.32. The topological polar surface area (TPSA) is 38.1 Å². The largest absolute Gasteiger partial charge is 0.338 e. The summed E-state index contributed by atoms with van der Waals surface area (Å²) in [6, 6.07) is 14.1. The van der Waals surface area contributed by atoms with Crippen LogP contribution in [0.5, 0.6) is 0 Å². The quantitative estimate of drug-likeness (QED) is 0.679. The zero-order chi connectivity index (χ0) is 18.1.